The van der Waals surface area contributed by atoms with Gasteiger partial charge in [-0.2, -0.15) is 0 Å². The van der Waals surface area contributed by atoms with Gasteiger partial charge in [-0.05, 0) is 31.9 Å². The molecule has 0 spiro atoms. The normalized spacial score (nSPS) is 14.6. The van der Waals surface area contributed by atoms with Crippen LogP contribution in [0, 0.1) is 12.8 Å². The minimum atomic E-state index is -0.414. The lowest BCUT2D eigenvalue weighted by atomic mass is 9.81. The van der Waals surface area contributed by atoms with Gasteiger partial charge in [-0.1, -0.05) is 13.8 Å². The van der Waals surface area contributed by atoms with Gasteiger partial charge in [-0.15, -0.1) is 0 Å². The largest absolute Gasteiger partial charge is 0.496 e. The van der Waals surface area contributed by atoms with E-state index in [1.54, 1.807) is 14.2 Å². The summed E-state index contributed by atoms with van der Waals surface area (Å²) in [6.45, 7) is 8.23. The van der Waals surface area contributed by atoms with Crippen LogP contribution in [0.5, 0.6) is 11.5 Å². The molecule has 3 nitrogen and oxygen atoms in total. The van der Waals surface area contributed by atoms with Crippen LogP contribution in [0.3, 0.4) is 0 Å². The summed E-state index contributed by atoms with van der Waals surface area (Å²) in [5.41, 5.74) is 7.99. The maximum atomic E-state index is 6.40. The van der Waals surface area contributed by atoms with E-state index in [9.17, 15) is 0 Å². The molecule has 2 N–H and O–H groups in total. The van der Waals surface area contributed by atoms with Crippen molar-refractivity contribution in [2.45, 2.75) is 33.2 Å². The van der Waals surface area contributed by atoms with Gasteiger partial charge in [0.15, 0.2) is 0 Å². The van der Waals surface area contributed by atoms with Crippen molar-refractivity contribution in [1.29, 1.82) is 0 Å². The van der Waals surface area contributed by atoms with Crippen molar-refractivity contribution in [3.63, 3.8) is 0 Å². The topological polar surface area (TPSA) is 44.5 Å². The van der Waals surface area contributed by atoms with Crippen molar-refractivity contribution in [1.82, 2.24) is 0 Å². The van der Waals surface area contributed by atoms with Crippen molar-refractivity contribution in [3.8, 4) is 11.5 Å². The van der Waals surface area contributed by atoms with Crippen LogP contribution >= 0.6 is 0 Å². The molecule has 0 radical (unpaired) electrons. The Kier molecular flexibility index (Phi) is 4.04. The highest BCUT2D eigenvalue weighted by atomic mass is 16.5. The van der Waals surface area contributed by atoms with Gasteiger partial charge >= 0.3 is 0 Å². The maximum absolute atomic E-state index is 6.40. The standard InChI is InChI=1S/C14H23NO2/c1-9(2)14(4,15)11-7-8-12(16-5)10(3)13(11)17-6/h7-9H,15H2,1-6H3. The molecule has 96 valence electrons. The van der Waals surface area contributed by atoms with Crippen molar-refractivity contribution >= 4 is 0 Å². The Labute approximate surface area is 104 Å². The Balaban J connectivity index is 3.40. The fraction of sp³-hybridized carbons (Fsp3) is 0.571. The quantitative estimate of drug-likeness (QED) is 0.875. The summed E-state index contributed by atoms with van der Waals surface area (Å²) in [6.07, 6.45) is 0. The molecule has 1 unspecified atom stereocenters. The lowest BCUT2D eigenvalue weighted by molar-refractivity contribution is 0.322. The van der Waals surface area contributed by atoms with Gasteiger partial charge in [-0.3, -0.25) is 0 Å². The van der Waals surface area contributed by atoms with E-state index < -0.39 is 5.54 Å². The average Bonchev–Trinajstić information content (AvgIpc) is 2.28. The van der Waals surface area contributed by atoms with Crippen molar-refractivity contribution in [3.05, 3.63) is 23.3 Å². The molecule has 1 aromatic carbocycles. The van der Waals surface area contributed by atoms with Crippen LogP contribution < -0.4 is 15.2 Å². The molecule has 0 aliphatic heterocycles. The van der Waals surface area contributed by atoms with Gasteiger partial charge < -0.3 is 15.2 Å². The van der Waals surface area contributed by atoms with E-state index >= 15 is 0 Å². The Morgan fingerprint density at radius 2 is 1.76 bits per heavy atom. The highest BCUT2D eigenvalue weighted by molar-refractivity contribution is 5.51. The highest BCUT2D eigenvalue weighted by Crippen LogP contribution is 2.39. The summed E-state index contributed by atoms with van der Waals surface area (Å²) in [5, 5.41) is 0. The lowest BCUT2D eigenvalue weighted by Crippen LogP contribution is -2.39. The lowest BCUT2D eigenvalue weighted by Gasteiger charge is -2.32. The molecule has 1 rings (SSSR count). The second-order valence-corrected chi connectivity index (χ2v) is 4.91. The van der Waals surface area contributed by atoms with E-state index in [0.717, 1.165) is 22.6 Å². The van der Waals surface area contributed by atoms with Crippen molar-refractivity contribution in [2.75, 3.05) is 14.2 Å². The summed E-state index contributed by atoms with van der Waals surface area (Å²) < 4.78 is 10.8. The van der Waals surface area contributed by atoms with E-state index in [0.29, 0.717) is 5.92 Å². The molecule has 17 heavy (non-hydrogen) atoms. The first-order chi connectivity index (χ1) is 7.86. The predicted molar refractivity (Wildman–Crippen MR) is 70.7 cm³/mol. The number of ether oxygens (including phenoxy) is 2. The maximum Gasteiger partial charge on any atom is 0.130 e. The molecule has 1 aromatic rings. The molecule has 0 aromatic heterocycles. The third-order valence-electron chi connectivity index (χ3n) is 3.56. The molecule has 0 saturated heterocycles. The molecule has 0 aliphatic rings. The van der Waals surface area contributed by atoms with Gasteiger partial charge in [0.05, 0.1) is 14.2 Å². The van der Waals surface area contributed by atoms with Crippen molar-refractivity contribution in [2.24, 2.45) is 11.7 Å². The van der Waals surface area contributed by atoms with E-state index in [1.165, 1.54) is 0 Å². The smallest absolute Gasteiger partial charge is 0.130 e. The molecule has 0 heterocycles. The summed E-state index contributed by atoms with van der Waals surface area (Å²) in [5.74, 6) is 1.97. The van der Waals surface area contributed by atoms with Gasteiger partial charge in [-0.25, -0.2) is 0 Å². The van der Waals surface area contributed by atoms with E-state index in [-0.39, 0.29) is 0 Å². The number of methoxy groups -OCH3 is 2. The summed E-state index contributed by atoms with van der Waals surface area (Å²) in [6, 6.07) is 3.94. The number of rotatable bonds is 4. The monoisotopic (exact) mass is 237 g/mol. The minimum Gasteiger partial charge on any atom is -0.496 e. The molecule has 0 fully saturated rings. The number of nitrogens with two attached hydrogens (primary N) is 1. The Bertz CT molecular complexity index is 397. The Hall–Kier alpha value is -1.22. The molecular formula is C14H23NO2. The molecule has 0 aliphatic carbocycles. The van der Waals surface area contributed by atoms with Crippen LogP contribution in [0.15, 0.2) is 12.1 Å². The number of hydrogen-bond acceptors (Lipinski definition) is 3. The zero-order valence-electron chi connectivity index (χ0n) is 11.6. The summed E-state index contributed by atoms with van der Waals surface area (Å²) >= 11 is 0. The number of benzene rings is 1. The van der Waals surface area contributed by atoms with Crippen molar-refractivity contribution < 1.29 is 9.47 Å². The molecule has 0 saturated carbocycles. The third-order valence-corrected chi connectivity index (χ3v) is 3.56. The number of hydrogen-bond donors (Lipinski definition) is 1. The Morgan fingerprint density at radius 3 is 2.18 bits per heavy atom. The van der Waals surface area contributed by atoms with E-state index in [4.69, 9.17) is 15.2 Å². The fourth-order valence-corrected chi connectivity index (χ4v) is 1.89. The molecule has 0 bridgehead atoms. The van der Waals surface area contributed by atoms with Crippen LogP contribution in [-0.2, 0) is 5.54 Å². The zero-order chi connectivity index (χ0) is 13.2. The zero-order valence-corrected chi connectivity index (χ0v) is 11.6. The molecule has 0 amide bonds. The van der Waals surface area contributed by atoms with Gasteiger partial charge in [0, 0.05) is 16.7 Å². The third kappa shape index (κ3) is 2.39. The molecule has 1 atom stereocenters. The minimum absolute atomic E-state index is 0.323. The SMILES string of the molecule is COc1ccc(C(C)(N)C(C)C)c(OC)c1C. The van der Waals surface area contributed by atoms with Gasteiger partial charge in [0.1, 0.15) is 11.5 Å². The van der Waals surface area contributed by atoms with Crippen LogP contribution in [-0.4, -0.2) is 14.2 Å². The first-order valence-electron chi connectivity index (χ1n) is 5.87. The first-order valence-corrected chi connectivity index (χ1v) is 5.87. The highest BCUT2D eigenvalue weighted by Gasteiger charge is 2.30. The molecular weight excluding hydrogens is 214 g/mol. The Morgan fingerprint density at radius 1 is 1.18 bits per heavy atom. The van der Waals surface area contributed by atoms with E-state index in [2.05, 4.69) is 13.8 Å². The summed E-state index contributed by atoms with van der Waals surface area (Å²) in [4.78, 5) is 0. The van der Waals surface area contributed by atoms with Crippen LogP contribution in [0.25, 0.3) is 0 Å². The second-order valence-electron chi connectivity index (χ2n) is 4.91. The van der Waals surface area contributed by atoms with Crippen LogP contribution in [0.1, 0.15) is 31.9 Å². The first kappa shape index (κ1) is 13.8. The molecule has 3 heteroatoms. The van der Waals surface area contributed by atoms with E-state index in [1.807, 2.05) is 26.0 Å². The summed E-state index contributed by atoms with van der Waals surface area (Å²) in [7, 11) is 3.33. The van der Waals surface area contributed by atoms with Gasteiger partial charge in [0.25, 0.3) is 0 Å². The second kappa shape index (κ2) is 4.96. The predicted octanol–water partition coefficient (Wildman–Crippen LogP) is 2.84. The fourth-order valence-electron chi connectivity index (χ4n) is 1.89. The average molecular weight is 237 g/mol. The van der Waals surface area contributed by atoms with Crippen LogP contribution in [0.4, 0.5) is 0 Å². The van der Waals surface area contributed by atoms with Crippen LogP contribution in [0.2, 0.25) is 0 Å². The van der Waals surface area contributed by atoms with Gasteiger partial charge in [0.2, 0.25) is 0 Å².